The molecule has 0 unspecified atom stereocenters. The molecule has 4 saturated heterocycles. The first-order valence-corrected chi connectivity index (χ1v) is 13.8. The lowest BCUT2D eigenvalue weighted by atomic mass is 10.2. The lowest BCUT2D eigenvalue weighted by molar-refractivity contribution is -0.920. The van der Waals surface area contributed by atoms with Crippen molar-refractivity contribution >= 4 is 35.0 Å². The zero-order valence-electron chi connectivity index (χ0n) is 21.9. The van der Waals surface area contributed by atoms with Crippen molar-refractivity contribution in [2.75, 3.05) is 88.6 Å². The third-order valence-corrected chi connectivity index (χ3v) is 8.03. The van der Waals surface area contributed by atoms with Crippen LogP contribution in [-0.2, 0) is 28.7 Å². The molecule has 2 atom stereocenters. The van der Waals surface area contributed by atoms with E-state index in [0.29, 0.717) is 11.4 Å². The van der Waals surface area contributed by atoms with E-state index in [4.69, 9.17) is 9.47 Å². The Labute approximate surface area is 222 Å². The number of hydrogen-bond acceptors (Lipinski definition) is 6. The number of rotatable bonds is 10. The Hall–Kier alpha value is -2.74. The number of imide groups is 2. The zero-order chi connectivity index (χ0) is 26.5. The van der Waals surface area contributed by atoms with Gasteiger partial charge in [0.05, 0.1) is 50.6 Å². The van der Waals surface area contributed by atoms with Crippen LogP contribution in [0.25, 0.3) is 0 Å². The Morgan fingerprint density at radius 3 is 1.39 bits per heavy atom. The molecular weight excluding hydrogens is 492 g/mol. The zero-order valence-corrected chi connectivity index (χ0v) is 21.9. The molecule has 0 saturated carbocycles. The number of carbonyl (C=O) groups excluding carboxylic acids is 4. The maximum Gasteiger partial charge on any atom is 0.292 e. The number of hydrogen-bond donors (Lipinski definition) is 4. The minimum atomic E-state index is -0.417. The second-order valence-corrected chi connectivity index (χ2v) is 10.5. The first-order chi connectivity index (χ1) is 18.5. The molecule has 5 rings (SSSR count). The van der Waals surface area contributed by atoms with Crippen LogP contribution < -0.4 is 30.2 Å². The quantitative estimate of drug-likeness (QED) is 0.222. The van der Waals surface area contributed by atoms with E-state index >= 15 is 0 Å². The van der Waals surface area contributed by atoms with E-state index in [0.717, 1.165) is 78.8 Å². The van der Waals surface area contributed by atoms with Gasteiger partial charge in [-0.1, -0.05) is 0 Å². The molecule has 4 aliphatic heterocycles. The van der Waals surface area contributed by atoms with Crippen LogP contribution in [0.3, 0.4) is 0 Å². The maximum atomic E-state index is 13.0. The monoisotopic (exact) mass is 532 g/mol. The van der Waals surface area contributed by atoms with Crippen LogP contribution in [0, 0.1) is 0 Å². The first-order valence-electron chi connectivity index (χ1n) is 13.8. The molecule has 0 radical (unpaired) electrons. The predicted octanol–water partition coefficient (Wildman–Crippen LogP) is -6.09. The SMILES string of the molecule is O=C1C[C@@H]([NH2+]CC[NH+]2CCOCC2)C(=O)N1c1ccc(N2C(=O)C[C@@H]([NH2+]CC[NH+]3CCOCC3)C2=O)cc1. The molecule has 6 N–H and O–H groups in total. The summed E-state index contributed by atoms with van der Waals surface area (Å²) < 4.78 is 10.8. The van der Waals surface area contributed by atoms with Crippen molar-refractivity contribution in [3.8, 4) is 0 Å². The Kier molecular flexibility index (Phi) is 8.77. The number of anilines is 2. The first kappa shape index (κ1) is 26.9. The highest BCUT2D eigenvalue weighted by Crippen LogP contribution is 2.27. The molecule has 38 heavy (non-hydrogen) atoms. The van der Waals surface area contributed by atoms with E-state index in [1.54, 1.807) is 24.3 Å². The van der Waals surface area contributed by atoms with Gasteiger partial charge in [-0.3, -0.25) is 19.2 Å². The number of benzene rings is 1. The lowest BCUT2D eigenvalue weighted by Crippen LogP contribution is -3.16. The molecule has 12 nitrogen and oxygen atoms in total. The number of amides is 4. The summed E-state index contributed by atoms with van der Waals surface area (Å²) in [5.74, 6) is -0.892. The molecule has 4 amide bonds. The molecule has 0 aliphatic carbocycles. The van der Waals surface area contributed by atoms with Crippen molar-refractivity contribution in [2.45, 2.75) is 24.9 Å². The van der Waals surface area contributed by atoms with Gasteiger partial charge in [-0.25, -0.2) is 9.80 Å². The van der Waals surface area contributed by atoms with E-state index in [1.807, 2.05) is 10.6 Å². The van der Waals surface area contributed by atoms with Gasteiger partial charge in [0.25, 0.3) is 11.8 Å². The topological polar surface area (TPSA) is 135 Å². The highest BCUT2D eigenvalue weighted by atomic mass is 16.5. The van der Waals surface area contributed by atoms with Crippen molar-refractivity contribution in [3.05, 3.63) is 24.3 Å². The fraction of sp³-hybridized carbons (Fsp3) is 0.615. The number of nitrogens with one attached hydrogen (secondary N) is 2. The van der Waals surface area contributed by atoms with Gasteiger partial charge >= 0.3 is 0 Å². The Balaban J connectivity index is 1.13. The Morgan fingerprint density at radius 2 is 1.03 bits per heavy atom. The van der Waals surface area contributed by atoms with E-state index in [9.17, 15) is 19.2 Å². The van der Waals surface area contributed by atoms with Crippen molar-refractivity contribution in [2.24, 2.45) is 0 Å². The van der Waals surface area contributed by atoms with Crippen molar-refractivity contribution in [3.63, 3.8) is 0 Å². The van der Waals surface area contributed by atoms with E-state index in [2.05, 4.69) is 0 Å². The van der Waals surface area contributed by atoms with Crippen LogP contribution in [-0.4, -0.2) is 114 Å². The summed E-state index contributed by atoms with van der Waals surface area (Å²) in [7, 11) is 0. The summed E-state index contributed by atoms with van der Waals surface area (Å²) in [6.45, 7) is 10.4. The molecule has 0 aromatic heterocycles. The molecule has 1 aromatic carbocycles. The number of nitrogens with zero attached hydrogens (tertiary/aromatic N) is 2. The summed E-state index contributed by atoms with van der Waals surface area (Å²) in [5, 5.41) is 3.94. The summed E-state index contributed by atoms with van der Waals surface area (Å²) in [5.41, 5.74) is 0.934. The minimum absolute atomic E-state index is 0.172. The maximum absolute atomic E-state index is 13.0. The smallest absolute Gasteiger partial charge is 0.292 e. The van der Waals surface area contributed by atoms with Crippen LogP contribution in [0.4, 0.5) is 11.4 Å². The third kappa shape index (κ3) is 6.11. The largest absolute Gasteiger partial charge is 0.370 e. The Morgan fingerprint density at radius 1 is 0.658 bits per heavy atom. The minimum Gasteiger partial charge on any atom is -0.370 e. The number of morpholine rings is 2. The molecule has 0 spiro atoms. The normalized spacial score (nSPS) is 25.7. The number of nitrogens with two attached hydrogens (primary N) is 2. The van der Waals surface area contributed by atoms with Crippen molar-refractivity contribution < 1.29 is 49.1 Å². The number of carbonyl (C=O) groups is 4. The van der Waals surface area contributed by atoms with Gasteiger partial charge in [-0.05, 0) is 24.3 Å². The van der Waals surface area contributed by atoms with Gasteiger partial charge in [0.1, 0.15) is 52.4 Å². The molecule has 0 bridgehead atoms. The van der Waals surface area contributed by atoms with Crippen molar-refractivity contribution in [1.82, 2.24) is 0 Å². The highest BCUT2D eigenvalue weighted by Gasteiger charge is 2.44. The third-order valence-electron chi connectivity index (χ3n) is 8.03. The van der Waals surface area contributed by atoms with Gasteiger partial charge in [0, 0.05) is 0 Å². The standard InChI is InChI=1S/C26H36N6O6/c33-23-17-21(27-5-7-29-9-13-37-14-10-29)25(35)31(23)19-1-2-20(4-3-19)32-24(34)18-22(26(32)36)28-6-8-30-11-15-38-16-12-30/h1-4,21-22,27-28H,5-18H2/p+4/t21-,22-/m1/s1. The van der Waals surface area contributed by atoms with E-state index in [-0.39, 0.29) is 36.5 Å². The van der Waals surface area contributed by atoms with Gasteiger partial charge in [0.2, 0.25) is 11.8 Å². The highest BCUT2D eigenvalue weighted by molar-refractivity contribution is 6.23. The molecule has 1 aromatic rings. The molecule has 4 heterocycles. The van der Waals surface area contributed by atoms with Crippen LogP contribution in [0.2, 0.25) is 0 Å². The predicted molar refractivity (Wildman–Crippen MR) is 135 cm³/mol. The molecular formula is C26H40N6O6+4. The fourth-order valence-corrected chi connectivity index (χ4v) is 5.77. The second kappa shape index (κ2) is 12.4. The number of ether oxygens (including phenoxy) is 2. The Bertz CT molecular complexity index is 943. The summed E-state index contributed by atoms with van der Waals surface area (Å²) in [4.78, 5) is 56.8. The van der Waals surface area contributed by atoms with Crippen LogP contribution in [0.1, 0.15) is 12.8 Å². The fourth-order valence-electron chi connectivity index (χ4n) is 5.77. The van der Waals surface area contributed by atoms with Crippen LogP contribution >= 0.6 is 0 Å². The van der Waals surface area contributed by atoms with E-state index in [1.165, 1.54) is 19.6 Å². The van der Waals surface area contributed by atoms with Crippen LogP contribution in [0.15, 0.2) is 24.3 Å². The molecule has 206 valence electrons. The van der Waals surface area contributed by atoms with Gasteiger partial charge in [-0.15, -0.1) is 0 Å². The molecule has 12 heteroatoms. The van der Waals surface area contributed by atoms with Crippen molar-refractivity contribution in [1.29, 1.82) is 0 Å². The number of quaternary nitrogens is 4. The molecule has 4 aliphatic rings. The average Bonchev–Trinajstić information content (AvgIpc) is 3.38. The molecule has 4 fully saturated rings. The van der Waals surface area contributed by atoms with Gasteiger partial charge in [0.15, 0.2) is 12.1 Å². The van der Waals surface area contributed by atoms with E-state index < -0.39 is 12.1 Å². The van der Waals surface area contributed by atoms with Crippen LogP contribution in [0.5, 0.6) is 0 Å². The van der Waals surface area contributed by atoms with Gasteiger partial charge in [-0.2, -0.15) is 0 Å². The summed E-state index contributed by atoms with van der Waals surface area (Å²) in [6, 6.07) is 5.74. The second-order valence-electron chi connectivity index (χ2n) is 10.5. The summed E-state index contributed by atoms with van der Waals surface area (Å²) >= 11 is 0. The lowest BCUT2D eigenvalue weighted by Gasteiger charge is -2.23. The average molecular weight is 533 g/mol. The van der Waals surface area contributed by atoms with Gasteiger partial charge < -0.3 is 29.9 Å². The summed E-state index contributed by atoms with van der Waals surface area (Å²) in [6.07, 6.45) is 0.345.